The van der Waals surface area contributed by atoms with Crippen molar-refractivity contribution in [2.45, 2.75) is 39.2 Å². The third kappa shape index (κ3) is 3.86. The molecule has 108 valence electrons. The van der Waals surface area contributed by atoms with E-state index in [9.17, 15) is 5.26 Å². The smallest absolute Gasteiger partial charge is 0.140 e. The Morgan fingerprint density at radius 2 is 1.52 bits per heavy atom. The highest BCUT2D eigenvalue weighted by molar-refractivity contribution is 5.48. The van der Waals surface area contributed by atoms with Gasteiger partial charge < -0.3 is 5.32 Å². The predicted octanol–water partition coefficient (Wildman–Crippen LogP) is 4.97. The fraction of sp³-hybridized carbons (Fsp3) is 0.316. The summed E-state index contributed by atoms with van der Waals surface area (Å²) in [6.45, 7) is 8.62. The maximum absolute atomic E-state index is 9.41. The lowest BCUT2D eigenvalue weighted by molar-refractivity contribution is 0.590. The van der Waals surface area contributed by atoms with Gasteiger partial charge in [0.25, 0.3) is 0 Å². The van der Waals surface area contributed by atoms with Crippen molar-refractivity contribution in [3.05, 3.63) is 65.2 Å². The van der Waals surface area contributed by atoms with E-state index in [1.165, 1.54) is 11.1 Å². The first-order chi connectivity index (χ1) is 9.90. The highest BCUT2D eigenvalue weighted by Gasteiger charge is 2.15. The van der Waals surface area contributed by atoms with Crippen LogP contribution in [0.1, 0.15) is 43.5 Å². The summed E-state index contributed by atoms with van der Waals surface area (Å²) in [4.78, 5) is 0. The molecule has 0 radical (unpaired) electrons. The maximum atomic E-state index is 9.41. The van der Waals surface area contributed by atoms with Crippen LogP contribution in [0, 0.1) is 18.3 Å². The van der Waals surface area contributed by atoms with Gasteiger partial charge in [-0.3, -0.25) is 0 Å². The van der Waals surface area contributed by atoms with Gasteiger partial charge in [-0.15, -0.1) is 0 Å². The Balaban J connectivity index is 2.18. The zero-order valence-corrected chi connectivity index (χ0v) is 13.1. The van der Waals surface area contributed by atoms with Crippen LogP contribution in [-0.4, -0.2) is 0 Å². The molecular formula is C19H22N2. The molecule has 0 amide bonds. The number of hydrogen-bond donors (Lipinski definition) is 1. The third-order valence-corrected chi connectivity index (χ3v) is 3.60. The number of nitrogens with zero attached hydrogens (tertiary/aromatic N) is 1. The van der Waals surface area contributed by atoms with Crippen LogP contribution in [0.4, 0.5) is 5.69 Å². The first kappa shape index (κ1) is 15.1. The third-order valence-electron chi connectivity index (χ3n) is 3.60. The Kier molecular flexibility index (Phi) is 4.33. The second-order valence-corrected chi connectivity index (χ2v) is 6.44. The van der Waals surface area contributed by atoms with Crippen LogP contribution in [0.2, 0.25) is 0 Å². The highest BCUT2D eigenvalue weighted by Crippen LogP contribution is 2.25. The average molecular weight is 278 g/mol. The van der Waals surface area contributed by atoms with Crippen molar-refractivity contribution in [1.29, 1.82) is 5.26 Å². The minimum atomic E-state index is -0.332. The minimum absolute atomic E-state index is 0.130. The normalized spacial score (nSPS) is 12.5. The number of nitriles is 1. The summed E-state index contributed by atoms with van der Waals surface area (Å²) < 4.78 is 0. The largest absolute Gasteiger partial charge is 0.366 e. The van der Waals surface area contributed by atoms with E-state index in [4.69, 9.17) is 0 Å². The highest BCUT2D eigenvalue weighted by atomic mass is 14.9. The van der Waals surface area contributed by atoms with E-state index in [2.05, 4.69) is 51.2 Å². The monoisotopic (exact) mass is 278 g/mol. The van der Waals surface area contributed by atoms with Crippen LogP contribution in [0.15, 0.2) is 48.5 Å². The average Bonchev–Trinajstić information content (AvgIpc) is 2.46. The summed E-state index contributed by atoms with van der Waals surface area (Å²) in [5.74, 6) is 0. The minimum Gasteiger partial charge on any atom is -0.366 e. The molecule has 2 rings (SSSR count). The molecule has 1 N–H and O–H groups in total. The zero-order valence-electron chi connectivity index (χ0n) is 13.1. The van der Waals surface area contributed by atoms with Crippen LogP contribution in [0.25, 0.3) is 0 Å². The lowest BCUT2D eigenvalue weighted by Crippen LogP contribution is -2.12. The van der Waals surface area contributed by atoms with Crippen molar-refractivity contribution in [3.63, 3.8) is 0 Å². The molecule has 0 saturated carbocycles. The standard InChI is InChI=1S/C19H22N2/c1-14-5-11-17(12-6-14)21-18(13-20)15-7-9-16(10-8-15)19(2,3)4/h5-12,18,21H,1-4H3. The molecule has 2 nitrogen and oxygen atoms in total. The van der Waals surface area contributed by atoms with Gasteiger partial charge in [0.2, 0.25) is 0 Å². The summed E-state index contributed by atoms with van der Waals surface area (Å²) >= 11 is 0. The molecule has 1 atom stereocenters. The van der Waals surface area contributed by atoms with Gasteiger partial charge in [-0.05, 0) is 35.6 Å². The van der Waals surface area contributed by atoms with Gasteiger partial charge in [-0.1, -0.05) is 62.7 Å². The van der Waals surface area contributed by atoms with Crippen molar-refractivity contribution in [1.82, 2.24) is 0 Å². The van der Waals surface area contributed by atoms with Crippen molar-refractivity contribution in [2.24, 2.45) is 0 Å². The summed E-state index contributed by atoms with van der Waals surface area (Å²) in [5.41, 5.74) is 4.57. The number of anilines is 1. The second kappa shape index (κ2) is 6.01. The molecule has 0 aliphatic carbocycles. The van der Waals surface area contributed by atoms with Gasteiger partial charge >= 0.3 is 0 Å². The molecule has 2 aromatic carbocycles. The van der Waals surface area contributed by atoms with E-state index in [-0.39, 0.29) is 11.5 Å². The topological polar surface area (TPSA) is 35.8 Å². The summed E-state index contributed by atoms with van der Waals surface area (Å²) in [7, 11) is 0. The van der Waals surface area contributed by atoms with E-state index < -0.39 is 0 Å². The van der Waals surface area contributed by atoms with Crippen LogP contribution in [0.3, 0.4) is 0 Å². The molecule has 1 unspecified atom stereocenters. The van der Waals surface area contributed by atoms with Gasteiger partial charge in [-0.2, -0.15) is 5.26 Å². The first-order valence-corrected chi connectivity index (χ1v) is 7.23. The summed E-state index contributed by atoms with van der Waals surface area (Å²) in [6, 6.07) is 18.4. The van der Waals surface area contributed by atoms with E-state index in [1.807, 2.05) is 36.4 Å². The molecule has 0 spiro atoms. The van der Waals surface area contributed by atoms with Crippen molar-refractivity contribution < 1.29 is 0 Å². The maximum Gasteiger partial charge on any atom is 0.140 e. The lowest BCUT2D eigenvalue weighted by atomic mass is 9.86. The molecule has 21 heavy (non-hydrogen) atoms. The SMILES string of the molecule is Cc1ccc(NC(C#N)c2ccc(C(C)(C)C)cc2)cc1. The van der Waals surface area contributed by atoms with Crippen LogP contribution >= 0.6 is 0 Å². The number of hydrogen-bond acceptors (Lipinski definition) is 2. The van der Waals surface area contributed by atoms with Gasteiger partial charge in [0, 0.05) is 5.69 Å². The fourth-order valence-corrected chi connectivity index (χ4v) is 2.18. The Labute approximate surface area is 127 Å². The van der Waals surface area contributed by atoms with E-state index in [0.717, 1.165) is 11.3 Å². The molecule has 2 aromatic rings. The van der Waals surface area contributed by atoms with Crippen LogP contribution in [0.5, 0.6) is 0 Å². The summed E-state index contributed by atoms with van der Waals surface area (Å²) in [5, 5.41) is 12.7. The van der Waals surface area contributed by atoms with Gasteiger partial charge in [0.1, 0.15) is 6.04 Å². The Bertz CT molecular complexity index is 625. The Morgan fingerprint density at radius 3 is 2.00 bits per heavy atom. The first-order valence-electron chi connectivity index (χ1n) is 7.23. The number of benzene rings is 2. The van der Waals surface area contributed by atoms with Crippen LogP contribution < -0.4 is 5.32 Å². The number of nitrogens with one attached hydrogen (secondary N) is 1. The molecule has 0 fully saturated rings. The fourth-order valence-electron chi connectivity index (χ4n) is 2.18. The van der Waals surface area contributed by atoms with Gasteiger partial charge in [0.05, 0.1) is 6.07 Å². The summed E-state index contributed by atoms with van der Waals surface area (Å²) in [6.07, 6.45) is 0. The van der Waals surface area contributed by atoms with Crippen molar-refractivity contribution >= 4 is 5.69 Å². The zero-order chi connectivity index (χ0) is 15.5. The second-order valence-electron chi connectivity index (χ2n) is 6.44. The van der Waals surface area contributed by atoms with Gasteiger partial charge in [-0.25, -0.2) is 0 Å². The predicted molar refractivity (Wildman–Crippen MR) is 88.3 cm³/mol. The number of rotatable bonds is 3. The molecular weight excluding hydrogens is 256 g/mol. The van der Waals surface area contributed by atoms with E-state index in [0.29, 0.717) is 0 Å². The molecule has 0 aliphatic rings. The van der Waals surface area contributed by atoms with Crippen molar-refractivity contribution in [3.8, 4) is 6.07 Å². The molecule has 0 saturated heterocycles. The van der Waals surface area contributed by atoms with Gasteiger partial charge in [0.15, 0.2) is 0 Å². The molecule has 2 heteroatoms. The molecule has 0 aliphatic heterocycles. The van der Waals surface area contributed by atoms with Crippen molar-refractivity contribution in [2.75, 3.05) is 5.32 Å². The quantitative estimate of drug-likeness (QED) is 0.860. The lowest BCUT2D eigenvalue weighted by Gasteiger charge is -2.20. The molecule has 0 bridgehead atoms. The van der Waals surface area contributed by atoms with Crippen LogP contribution in [-0.2, 0) is 5.41 Å². The Hall–Kier alpha value is -2.27. The van der Waals surface area contributed by atoms with E-state index >= 15 is 0 Å². The Morgan fingerprint density at radius 1 is 0.952 bits per heavy atom. The van der Waals surface area contributed by atoms with E-state index in [1.54, 1.807) is 0 Å². The number of aryl methyl sites for hydroxylation is 1. The molecule has 0 aromatic heterocycles. The molecule has 0 heterocycles.